The molecule has 4 rings (SSSR count). The van der Waals surface area contributed by atoms with Gasteiger partial charge in [-0.05, 0) is 39.1 Å². The molecule has 0 heterocycles. The highest BCUT2D eigenvalue weighted by molar-refractivity contribution is 6.24. The first kappa shape index (κ1) is 30.0. The molecule has 41 heavy (non-hydrogen) atoms. The largest absolute Gasteiger partial charge is 0.508 e. The second-order valence-corrected chi connectivity index (χ2v) is 10.6. The number of phenolic OH excluding ortho intramolecular Hbond substituents is 1. The van der Waals surface area contributed by atoms with Crippen LogP contribution < -0.4 is 11.1 Å². The van der Waals surface area contributed by atoms with Gasteiger partial charge in [0.1, 0.15) is 28.9 Å². The van der Waals surface area contributed by atoms with Crippen molar-refractivity contribution in [2.75, 3.05) is 26.0 Å². The van der Waals surface area contributed by atoms with E-state index in [2.05, 4.69) is 5.32 Å². The molecule has 1 unspecified atom stereocenters. The molecule has 0 saturated heterocycles. The Labute approximate surface area is 235 Å². The zero-order valence-corrected chi connectivity index (χ0v) is 23.0. The van der Waals surface area contributed by atoms with E-state index in [1.807, 2.05) is 6.92 Å². The van der Waals surface area contributed by atoms with Crippen molar-refractivity contribution in [3.8, 4) is 5.75 Å². The number of anilines is 1. The molecule has 6 atom stereocenters. The number of fused-ring (bicyclic) bond motifs is 3. The normalized spacial score (nSPS) is 28.2. The third-order valence-corrected chi connectivity index (χ3v) is 7.94. The fourth-order valence-corrected chi connectivity index (χ4v) is 6.10. The lowest BCUT2D eigenvalue weighted by Gasteiger charge is -2.52. The number of nitrogens with zero attached hydrogens (tertiary/aromatic N) is 1. The highest BCUT2D eigenvalue weighted by Crippen LogP contribution is 2.53. The van der Waals surface area contributed by atoms with Gasteiger partial charge in [0.2, 0.25) is 5.78 Å². The molecule has 1 aromatic rings. The van der Waals surface area contributed by atoms with Gasteiger partial charge in [0.15, 0.2) is 11.4 Å². The molecule has 0 bridgehead atoms. The highest BCUT2D eigenvalue weighted by Gasteiger charge is 2.67. The number of phenols is 1. The van der Waals surface area contributed by atoms with Crippen molar-refractivity contribution in [1.29, 1.82) is 0 Å². The molecule has 0 aliphatic heterocycles. The van der Waals surface area contributed by atoms with Gasteiger partial charge in [-0.25, -0.2) is 4.79 Å². The standard InChI is InChI=1S/C28H34N3O10/c1-5-7-14(27(39)41-6-2)30-13-9-8-11-10-12-16(22(34)15(11)21(13)33)24(36)28(40)18(20(12)32)19(31(3)4)23(35)17(25(28)37)26(29)38/h8-10,12,14,18-20,30,32-34,37,40H,5-7H2,1-4H3,(H2,29,38)/t12-,14?,18-,19+,20+,28+/m0/s1. The van der Waals surface area contributed by atoms with Crippen LogP contribution in [-0.4, -0.2) is 98.4 Å². The van der Waals surface area contributed by atoms with Crippen molar-refractivity contribution in [3.05, 3.63) is 46.6 Å². The van der Waals surface area contributed by atoms with Gasteiger partial charge in [-0.1, -0.05) is 19.4 Å². The first-order chi connectivity index (χ1) is 19.2. The van der Waals surface area contributed by atoms with Crippen LogP contribution in [0.15, 0.2) is 29.0 Å². The van der Waals surface area contributed by atoms with Gasteiger partial charge in [-0.2, -0.15) is 0 Å². The zero-order valence-electron chi connectivity index (χ0n) is 23.0. The van der Waals surface area contributed by atoms with Crippen molar-refractivity contribution < 1.29 is 49.4 Å². The Hall–Kier alpha value is -3.94. The van der Waals surface area contributed by atoms with Crippen LogP contribution in [0, 0.1) is 18.3 Å². The summed E-state index contributed by atoms with van der Waals surface area (Å²) in [6, 6.07) is 0.692. The molecule has 221 valence electrons. The highest BCUT2D eigenvalue weighted by atomic mass is 16.5. The number of carbonyl (C=O) groups excluding carboxylic acids is 4. The van der Waals surface area contributed by atoms with Crippen LogP contribution in [0.3, 0.4) is 0 Å². The number of nitrogens with one attached hydrogen (secondary N) is 1. The Morgan fingerprint density at radius 2 is 1.83 bits per heavy atom. The predicted octanol–water partition coefficient (Wildman–Crippen LogP) is 0.0884. The lowest BCUT2D eigenvalue weighted by molar-refractivity contribution is -0.167. The number of aromatic hydroxyl groups is 1. The molecule has 3 aliphatic carbocycles. The maximum atomic E-state index is 13.9. The number of ketones is 2. The minimum Gasteiger partial charge on any atom is -0.508 e. The number of ether oxygens (including phenoxy) is 1. The number of hydrogen-bond donors (Lipinski definition) is 7. The average Bonchev–Trinajstić information content (AvgIpc) is 2.89. The summed E-state index contributed by atoms with van der Waals surface area (Å²) in [4.78, 5) is 52.9. The van der Waals surface area contributed by atoms with Gasteiger partial charge in [0.05, 0.1) is 35.9 Å². The fraction of sp³-hybridized carbons (Fsp3) is 0.464. The van der Waals surface area contributed by atoms with E-state index in [9.17, 15) is 44.7 Å². The third kappa shape index (κ3) is 4.44. The van der Waals surface area contributed by atoms with E-state index in [1.54, 1.807) is 6.92 Å². The monoisotopic (exact) mass is 572 g/mol. The molecule has 1 amide bonds. The summed E-state index contributed by atoms with van der Waals surface area (Å²) in [5.41, 5.74) is 0.817. The number of primary amides is 1. The summed E-state index contributed by atoms with van der Waals surface area (Å²) in [5, 5.41) is 59.5. The topological polar surface area (TPSA) is 220 Å². The predicted molar refractivity (Wildman–Crippen MR) is 144 cm³/mol. The average molecular weight is 573 g/mol. The van der Waals surface area contributed by atoms with Gasteiger partial charge in [-0.3, -0.25) is 19.3 Å². The lowest BCUT2D eigenvalue weighted by atomic mass is 9.56. The Kier molecular flexibility index (Phi) is 7.91. The molecule has 8 N–H and O–H groups in total. The Morgan fingerprint density at radius 3 is 2.39 bits per heavy atom. The molecule has 0 spiro atoms. The lowest BCUT2D eigenvalue weighted by Crippen LogP contribution is -2.70. The maximum absolute atomic E-state index is 13.9. The number of esters is 1. The number of hydrogen-bond acceptors (Lipinski definition) is 12. The summed E-state index contributed by atoms with van der Waals surface area (Å²) in [5.74, 6) is -9.72. The van der Waals surface area contributed by atoms with Gasteiger partial charge >= 0.3 is 5.97 Å². The molecule has 1 aromatic carbocycles. The molecule has 3 aliphatic rings. The first-order valence-corrected chi connectivity index (χ1v) is 13.2. The molecular weight excluding hydrogens is 538 g/mol. The molecule has 13 nitrogen and oxygen atoms in total. The van der Waals surface area contributed by atoms with Crippen molar-refractivity contribution in [3.63, 3.8) is 0 Å². The number of Topliss-reactive ketones (excluding diaryl/α,β-unsaturated/α-hetero) is 2. The Balaban J connectivity index is 1.88. The van der Waals surface area contributed by atoms with Crippen molar-refractivity contribution in [1.82, 2.24) is 4.90 Å². The summed E-state index contributed by atoms with van der Waals surface area (Å²) in [7, 11) is 2.86. The Bertz CT molecular complexity index is 1380. The fourth-order valence-electron chi connectivity index (χ4n) is 6.10. The SMILES string of the molecule is CCCC(Nc1ccc2c(c1O)C(O)=C1C(=O)[C@@]3(O)C(O)=C(C(N)=O)C(=O)[C@H](N(C)C)[C@H]3[C@H](O)[C@H]1[CH]2)C(=O)OCC. The molecule has 1 fully saturated rings. The minimum atomic E-state index is -3.00. The maximum Gasteiger partial charge on any atom is 0.328 e. The second-order valence-electron chi connectivity index (χ2n) is 10.6. The van der Waals surface area contributed by atoms with Crippen LogP contribution in [0.2, 0.25) is 0 Å². The van der Waals surface area contributed by atoms with E-state index in [4.69, 9.17) is 10.5 Å². The quantitative estimate of drug-likeness (QED) is 0.125. The minimum absolute atomic E-state index is 0.0457. The molecule has 1 radical (unpaired) electrons. The van der Waals surface area contributed by atoms with Crippen LogP contribution in [0.5, 0.6) is 5.75 Å². The van der Waals surface area contributed by atoms with E-state index >= 15 is 0 Å². The number of rotatable bonds is 8. The summed E-state index contributed by atoms with van der Waals surface area (Å²) >= 11 is 0. The molecule has 0 aromatic heterocycles. The number of nitrogens with two attached hydrogens (primary N) is 1. The van der Waals surface area contributed by atoms with Gasteiger partial charge < -0.3 is 41.3 Å². The number of likely N-dealkylation sites (N-methyl/N-ethyl adjacent to an activating group) is 1. The number of aliphatic hydroxyl groups is 4. The molecular formula is C28H34N3O10. The number of carbonyl (C=O) groups is 4. The molecule has 1 saturated carbocycles. The van der Waals surface area contributed by atoms with Gasteiger partial charge in [0.25, 0.3) is 5.91 Å². The summed E-state index contributed by atoms with van der Waals surface area (Å²) in [6.07, 6.45) is 0.662. The Morgan fingerprint density at radius 1 is 1.17 bits per heavy atom. The van der Waals surface area contributed by atoms with E-state index in [-0.39, 0.29) is 23.4 Å². The smallest absolute Gasteiger partial charge is 0.328 e. The van der Waals surface area contributed by atoms with Crippen LogP contribution in [0.4, 0.5) is 5.69 Å². The first-order valence-electron chi connectivity index (χ1n) is 13.2. The zero-order chi connectivity index (χ0) is 30.5. The summed E-state index contributed by atoms with van der Waals surface area (Å²) in [6.45, 7) is 3.66. The van der Waals surface area contributed by atoms with Crippen molar-refractivity contribution in [2.45, 2.75) is 50.5 Å². The summed E-state index contributed by atoms with van der Waals surface area (Å²) < 4.78 is 5.09. The van der Waals surface area contributed by atoms with E-state index in [0.29, 0.717) is 12.8 Å². The van der Waals surface area contributed by atoms with Crippen LogP contribution in [0.1, 0.15) is 37.8 Å². The van der Waals surface area contributed by atoms with Crippen LogP contribution in [-0.2, 0) is 23.9 Å². The van der Waals surface area contributed by atoms with Gasteiger partial charge in [-0.15, -0.1) is 0 Å². The third-order valence-electron chi connectivity index (χ3n) is 7.94. The van der Waals surface area contributed by atoms with E-state index < -0.39 is 87.5 Å². The number of aliphatic hydroxyl groups excluding tert-OH is 3. The second kappa shape index (κ2) is 10.8. The molecule has 13 heteroatoms. The van der Waals surface area contributed by atoms with E-state index in [1.165, 1.54) is 37.5 Å². The number of amides is 1. The van der Waals surface area contributed by atoms with Crippen LogP contribution >= 0.6 is 0 Å². The number of benzene rings is 1. The van der Waals surface area contributed by atoms with E-state index in [0.717, 1.165) is 0 Å². The van der Waals surface area contributed by atoms with Crippen LogP contribution in [0.25, 0.3) is 5.76 Å². The van der Waals surface area contributed by atoms with Crippen molar-refractivity contribution >= 4 is 34.9 Å². The van der Waals surface area contributed by atoms with Crippen molar-refractivity contribution in [2.24, 2.45) is 17.6 Å². The van der Waals surface area contributed by atoms with Gasteiger partial charge in [0, 0.05) is 17.9 Å².